The summed E-state index contributed by atoms with van der Waals surface area (Å²) < 4.78 is 18.8. The lowest BCUT2D eigenvalue weighted by Crippen LogP contribution is -2.29. The summed E-state index contributed by atoms with van der Waals surface area (Å²) in [6.45, 7) is 2.25. The van der Waals surface area contributed by atoms with Crippen LogP contribution in [0, 0.1) is 0 Å². The van der Waals surface area contributed by atoms with Crippen LogP contribution in [0.25, 0.3) is 0 Å². The Labute approximate surface area is 129 Å². The number of rotatable bonds is 2. The first kappa shape index (κ1) is 13.5. The first-order valence-corrected chi connectivity index (χ1v) is 7.85. The van der Waals surface area contributed by atoms with Crippen molar-refractivity contribution in [3.8, 4) is 0 Å². The Morgan fingerprint density at radius 2 is 1.86 bits per heavy atom. The maximum absolute atomic E-state index is 13.1. The van der Waals surface area contributed by atoms with Crippen LogP contribution in [0.15, 0.2) is 46.3 Å². The number of fused-ring (bicyclic) bond motifs is 1. The number of anilines is 1. The van der Waals surface area contributed by atoms with Crippen molar-refractivity contribution in [2.45, 2.75) is 31.7 Å². The molecular weight excluding hydrogens is 281 g/mol. The molecule has 1 saturated heterocycles. The van der Waals surface area contributed by atoms with E-state index in [0.717, 1.165) is 18.7 Å². The van der Waals surface area contributed by atoms with Crippen LogP contribution < -0.4 is 4.90 Å². The minimum absolute atomic E-state index is 0.170. The highest BCUT2D eigenvalue weighted by Gasteiger charge is 2.30. The molecule has 1 fully saturated rings. The normalized spacial score (nSPS) is 24.1. The van der Waals surface area contributed by atoms with Gasteiger partial charge >= 0.3 is 0 Å². The van der Waals surface area contributed by atoms with Gasteiger partial charge in [0.2, 0.25) is 17.7 Å². The maximum Gasteiger partial charge on any atom is 0.224 e. The molecule has 0 saturated carbocycles. The van der Waals surface area contributed by atoms with Gasteiger partial charge in [0, 0.05) is 30.8 Å². The smallest absolute Gasteiger partial charge is 0.224 e. The van der Waals surface area contributed by atoms with Gasteiger partial charge in [-0.1, -0.05) is 0 Å². The van der Waals surface area contributed by atoms with E-state index in [4.69, 9.17) is 4.74 Å². The lowest BCUT2D eigenvalue weighted by molar-refractivity contribution is 0.526. The highest BCUT2D eigenvalue weighted by Crippen LogP contribution is 2.25. The van der Waals surface area contributed by atoms with Gasteiger partial charge in [-0.2, -0.15) is 9.38 Å². The fourth-order valence-electron chi connectivity index (χ4n) is 3.10. The second-order valence-corrected chi connectivity index (χ2v) is 5.86. The number of hydrogen-bond acceptors (Lipinski definition) is 4. The molecule has 1 unspecified atom stereocenters. The SMILES string of the molecule is FC1=CCC2N=C(c3ccc(N4CCCCC4)cc3)OC2=N1. The standard InChI is InChI=1S/C17H18FN3O/c18-15-9-8-14-17(20-15)22-16(19-14)12-4-6-13(7-5-12)21-10-2-1-3-11-21/h4-7,9,14H,1-3,8,10-11H2. The molecule has 0 amide bonds. The van der Waals surface area contributed by atoms with Crippen LogP contribution in [-0.2, 0) is 4.74 Å². The summed E-state index contributed by atoms with van der Waals surface area (Å²) in [6, 6.07) is 8.08. The molecule has 1 aromatic carbocycles. The van der Waals surface area contributed by atoms with Crippen molar-refractivity contribution in [1.29, 1.82) is 0 Å². The average Bonchev–Trinajstić information content (AvgIpc) is 2.99. The van der Waals surface area contributed by atoms with Gasteiger partial charge in [-0.05, 0) is 49.6 Å². The first-order chi connectivity index (χ1) is 10.8. The van der Waals surface area contributed by atoms with Crippen LogP contribution in [0.3, 0.4) is 0 Å². The third-order valence-electron chi connectivity index (χ3n) is 4.32. The number of ether oxygens (including phenoxy) is 1. The zero-order valence-corrected chi connectivity index (χ0v) is 12.3. The molecule has 4 rings (SSSR count). The molecule has 1 atom stereocenters. The zero-order chi connectivity index (χ0) is 14.9. The topological polar surface area (TPSA) is 37.2 Å². The monoisotopic (exact) mass is 299 g/mol. The van der Waals surface area contributed by atoms with Crippen LogP contribution in [-0.4, -0.2) is 30.9 Å². The number of nitrogens with zero attached hydrogens (tertiary/aromatic N) is 3. The molecule has 114 valence electrons. The Bertz CT molecular complexity index is 657. The van der Waals surface area contributed by atoms with Gasteiger partial charge in [0.1, 0.15) is 6.04 Å². The van der Waals surface area contributed by atoms with Gasteiger partial charge < -0.3 is 9.64 Å². The Kier molecular flexibility index (Phi) is 3.41. The molecule has 3 aliphatic rings. The molecule has 0 aliphatic carbocycles. The van der Waals surface area contributed by atoms with Crippen molar-refractivity contribution < 1.29 is 9.13 Å². The van der Waals surface area contributed by atoms with Crippen molar-refractivity contribution in [2.75, 3.05) is 18.0 Å². The summed E-state index contributed by atoms with van der Waals surface area (Å²) in [4.78, 5) is 10.7. The quantitative estimate of drug-likeness (QED) is 0.785. The van der Waals surface area contributed by atoms with Gasteiger partial charge in [-0.15, -0.1) is 0 Å². The number of benzene rings is 1. The highest BCUT2D eigenvalue weighted by molar-refractivity contribution is 6.08. The number of halogens is 1. The summed E-state index contributed by atoms with van der Waals surface area (Å²) in [6.07, 6.45) is 5.81. The fourth-order valence-corrected chi connectivity index (χ4v) is 3.10. The summed E-state index contributed by atoms with van der Waals surface area (Å²) in [7, 11) is 0. The van der Waals surface area contributed by atoms with Gasteiger partial charge in [-0.3, -0.25) is 0 Å². The summed E-state index contributed by atoms with van der Waals surface area (Å²) >= 11 is 0. The van der Waals surface area contributed by atoms with Gasteiger partial charge in [-0.25, -0.2) is 4.99 Å². The van der Waals surface area contributed by atoms with Crippen LogP contribution in [0.2, 0.25) is 0 Å². The van der Waals surface area contributed by atoms with E-state index in [0.29, 0.717) is 18.2 Å². The molecule has 0 bridgehead atoms. The molecule has 3 heterocycles. The second-order valence-electron chi connectivity index (χ2n) is 5.86. The van der Waals surface area contributed by atoms with Crippen LogP contribution in [0.5, 0.6) is 0 Å². The summed E-state index contributed by atoms with van der Waals surface area (Å²) in [5.74, 6) is 0.426. The Morgan fingerprint density at radius 3 is 2.64 bits per heavy atom. The molecule has 1 aromatic rings. The molecular formula is C17H18FN3O. The zero-order valence-electron chi connectivity index (χ0n) is 12.3. The van der Waals surface area contributed by atoms with Crippen LogP contribution in [0.1, 0.15) is 31.2 Å². The molecule has 0 spiro atoms. The van der Waals surface area contributed by atoms with E-state index < -0.39 is 5.95 Å². The Hall–Kier alpha value is -2.17. The minimum atomic E-state index is -0.483. The van der Waals surface area contributed by atoms with Crippen molar-refractivity contribution in [3.63, 3.8) is 0 Å². The van der Waals surface area contributed by atoms with E-state index in [9.17, 15) is 4.39 Å². The van der Waals surface area contributed by atoms with E-state index in [1.807, 2.05) is 12.1 Å². The lowest BCUT2D eigenvalue weighted by atomic mass is 10.1. The molecule has 22 heavy (non-hydrogen) atoms. The van der Waals surface area contributed by atoms with E-state index >= 15 is 0 Å². The predicted octanol–water partition coefficient (Wildman–Crippen LogP) is 3.44. The maximum atomic E-state index is 13.1. The molecule has 0 aromatic heterocycles. The molecule has 3 aliphatic heterocycles. The molecule has 0 N–H and O–H groups in total. The molecule has 4 nitrogen and oxygen atoms in total. The fraction of sp³-hybridized carbons (Fsp3) is 0.412. The largest absolute Gasteiger partial charge is 0.422 e. The average molecular weight is 299 g/mol. The van der Waals surface area contributed by atoms with E-state index in [2.05, 4.69) is 27.0 Å². The number of hydrogen-bond donors (Lipinski definition) is 0. The van der Waals surface area contributed by atoms with Crippen LogP contribution >= 0.6 is 0 Å². The number of piperidine rings is 1. The lowest BCUT2D eigenvalue weighted by Gasteiger charge is -2.28. The van der Waals surface area contributed by atoms with Gasteiger partial charge in [0.05, 0.1) is 0 Å². The Balaban J connectivity index is 1.51. The van der Waals surface area contributed by atoms with E-state index in [-0.39, 0.29) is 6.04 Å². The molecule has 0 radical (unpaired) electrons. The van der Waals surface area contributed by atoms with Gasteiger partial charge in [0.15, 0.2) is 0 Å². The van der Waals surface area contributed by atoms with Crippen molar-refractivity contribution in [1.82, 2.24) is 0 Å². The second kappa shape index (κ2) is 5.55. The first-order valence-electron chi connectivity index (χ1n) is 7.85. The van der Waals surface area contributed by atoms with Crippen molar-refractivity contribution in [2.24, 2.45) is 9.98 Å². The summed E-state index contributed by atoms with van der Waals surface area (Å²) in [5, 5.41) is 0. The Morgan fingerprint density at radius 1 is 1.09 bits per heavy atom. The third-order valence-corrected chi connectivity index (χ3v) is 4.32. The predicted molar refractivity (Wildman–Crippen MR) is 85.2 cm³/mol. The van der Waals surface area contributed by atoms with Crippen molar-refractivity contribution >= 4 is 17.5 Å². The minimum Gasteiger partial charge on any atom is -0.422 e. The van der Waals surface area contributed by atoms with Gasteiger partial charge in [0.25, 0.3) is 0 Å². The summed E-state index contributed by atoms with van der Waals surface area (Å²) in [5.41, 5.74) is 2.16. The van der Waals surface area contributed by atoms with Crippen LogP contribution in [0.4, 0.5) is 10.1 Å². The highest BCUT2D eigenvalue weighted by atomic mass is 19.1. The third kappa shape index (κ3) is 2.51. The van der Waals surface area contributed by atoms with E-state index in [1.54, 1.807) is 0 Å². The number of aliphatic imine (C=N–C) groups is 2. The van der Waals surface area contributed by atoms with E-state index in [1.165, 1.54) is 31.0 Å². The van der Waals surface area contributed by atoms with Crippen molar-refractivity contribution in [3.05, 3.63) is 41.9 Å². The molecule has 5 heteroatoms.